The minimum absolute atomic E-state index is 0.548. The van der Waals surface area contributed by atoms with Crippen molar-refractivity contribution in [2.24, 2.45) is 0 Å². The number of anilines is 1. The standard InChI is InChI=1S/C16H18ClNO2S/c1-19-15-8-11(7-14(17)16(15)20-2)10-18-12-5-4-6-13(9-12)21-3/h4-9,18H,10H2,1-3H3. The second-order valence-electron chi connectivity index (χ2n) is 4.40. The summed E-state index contributed by atoms with van der Waals surface area (Å²) in [4.78, 5) is 1.23. The van der Waals surface area contributed by atoms with E-state index in [1.54, 1.807) is 26.0 Å². The molecule has 0 saturated carbocycles. The SMILES string of the molecule is COc1cc(CNc2cccc(SC)c2)cc(Cl)c1OC. The van der Waals surface area contributed by atoms with Crippen molar-refractivity contribution in [2.45, 2.75) is 11.4 Å². The first kappa shape index (κ1) is 15.9. The number of halogens is 1. The van der Waals surface area contributed by atoms with E-state index in [0.717, 1.165) is 11.3 Å². The molecule has 21 heavy (non-hydrogen) atoms. The van der Waals surface area contributed by atoms with Gasteiger partial charge >= 0.3 is 0 Å². The number of hydrogen-bond donors (Lipinski definition) is 1. The molecular formula is C16H18ClNO2S. The topological polar surface area (TPSA) is 30.5 Å². The highest BCUT2D eigenvalue weighted by Gasteiger charge is 2.10. The molecule has 0 aliphatic rings. The molecule has 1 N–H and O–H groups in total. The van der Waals surface area contributed by atoms with Crippen LogP contribution in [0.4, 0.5) is 5.69 Å². The zero-order valence-corrected chi connectivity index (χ0v) is 13.8. The lowest BCUT2D eigenvalue weighted by atomic mass is 10.2. The molecule has 0 aliphatic carbocycles. The number of rotatable bonds is 6. The molecule has 0 amide bonds. The fraction of sp³-hybridized carbons (Fsp3) is 0.250. The van der Waals surface area contributed by atoms with Gasteiger partial charge in [0.25, 0.3) is 0 Å². The van der Waals surface area contributed by atoms with Gasteiger partial charge in [0.15, 0.2) is 11.5 Å². The van der Waals surface area contributed by atoms with E-state index in [9.17, 15) is 0 Å². The van der Waals surface area contributed by atoms with E-state index in [4.69, 9.17) is 21.1 Å². The molecule has 0 radical (unpaired) electrons. The van der Waals surface area contributed by atoms with Crippen molar-refractivity contribution < 1.29 is 9.47 Å². The molecule has 0 atom stereocenters. The molecule has 0 aliphatic heterocycles. The van der Waals surface area contributed by atoms with Crippen LogP contribution in [0.5, 0.6) is 11.5 Å². The average Bonchev–Trinajstić information content (AvgIpc) is 2.52. The van der Waals surface area contributed by atoms with Crippen LogP contribution in [0, 0.1) is 0 Å². The molecule has 112 valence electrons. The number of methoxy groups -OCH3 is 2. The van der Waals surface area contributed by atoms with Gasteiger partial charge in [-0.1, -0.05) is 17.7 Å². The van der Waals surface area contributed by atoms with Crippen LogP contribution in [-0.4, -0.2) is 20.5 Å². The van der Waals surface area contributed by atoms with Gasteiger partial charge < -0.3 is 14.8 Å². The minimum Gasteiger partial charge on any atom is -0.493 e. The molecule has 5 heteroatoms. The molecule has 2 aromatic rings. The Bertz CT molecular complexity index is 619. The van der Waals surface area contributed by atoms with Gasteiger partial charge in [0.2, 0.25) is 0 Å². The third kappa shape index (κ3) is 3.99. The molecular weight excluding hydrogens is 306 g/mol. The molecule has 0 aromatic heterocycles. The van der Waals surface area contributed by atoms with Crippen LogP contribution >= 0.6 is 23.4 Å². The monoisotopic (exact) mass is 323 g/mol. The van der Waals surface area contributed by atoms with Crippen LogP contribution in [0.15, 0.2) is 41.3 Å². The summed E-state index contributed by atoms with van der Waals surface area (Å²) < 4.78 is 10.5. The average molecular weight is 324 g/mol. The van der Waals surface area contributed by atoms with Gasteiger partial charge in [-0.25, -0.2) is 0 Å². The molecule has 0 bridgehead atoms. The van der Waals surface area contributed by atoms with E-state index < -0.39 is 0 Å². The zero-order chi connectivity index (χ0) is 15.2. The summed E-state index contributed by atoms with van der Waals surface area (Å²) in [5.74, 6) is 1.20. The van der Waals surface area contributed by atoms with Crippen molar-refractivity contribution in [3.05, 3.63) is 47.0 Å². The van der Waals surface area contributed by atoms with Gasteiger partial charge in [-0.05, 0) is 42.2 Å². The lowest BCUT2D eigenvalue weighted by Gasteiger charge is -2.13. The summed E-state index contributed by atoms with van der Waals surface area (Å²) in [6.45, 7) is 0.665. The van der Waals surface area contributed by atoms with Gasteiger partial charge in [0.1, 0.15) is 0 Å². The predicted octanol–water partition coefficient (Wildman–Crippen LogP) is 4.69. The molecule has 0 spiro atoms. The summed E-state index contributed by atoms with van der Waals surface area (Å²) in [6.07, 6.45) is 2.06. The first-order valence-corrected chi connectivity index (χ1v) is 8.06. The summed E-state index contributed by atoms with van der Waals surface area (Å²) in [5, 5.41) is 3.93. The van der Waals surface area contributed by atoms with E-state index in [-0.39, 0.29) is 0 Å². The number of thioether (sulfide) groups is 1. The predicted molar refractivity (Wildman–Crippen MR) is 90.1 cm³/mol. The Morgan fingerprint density at radius 1 is 1.14 bits per heavy atom. The molecule has 0 saturated heterocycles. The third-order valence-electron chi connectivity index (χ3n) is 3.06. The second kappa shape index (κ2) is 7.48. The molecule has 2 rings (SSSR count). The van der Waals surface area contributed by atoms with Crippen molar-refractivity contribution in [3.8, 4) is 11.5 Å². The highest BCUT2D eigenvalue weighted by molar-refractivity contribution is 7.98. The molecule has 3 nitrogen and oxygen atoms in total. The fourth-order valence-corrected chi connectivity index (χ4v) is 2.78. The molecule has 2 aromatic carbocycles. The Morgan fingerprint density at radius 3 is 2.62 bits per heavy atom. The van der Waals surface area contributed by atoms with Crippen molar-refractivity contribution in [1.29, 1.82) is 0 Å². The summed E-state index contributed by atoms with van der Waals surface area (Å²) in [5.41, 5.74) is 2.11. The fourth-order valence-electron chi connectivity index (χ4n) is 2.01. The van der Waals surface area contributed by atoms with E-state index >= 15 is 0 Å². The summed E-state index contributed by atoms with van der Waals surface area (Å²) >= 11 is 7.93. The zero-order valence-electron chi connectivity index (χ0n) is 12.3. The summed E-state index contributed by atoms with van der Waals surface area (Å²) in [7, 11) is 3.18. The van der Waals surface area contributed by atoms with Gasteiger partial charge in [0.05, 0.1) is 19.2 Å². The maximum Gasteiger partial charge on any atom is 0.179 e. The normalized spacial score (nSPS) is 10.3. The van der Waals surface area contributed by atoms with Gasteiger partial charge in [-0.2, -0.15) is 0 Å². The quantitative estimate of drug-likeness (QED) is 0.781. The Labute approximate surface area is 134 Å². The van der Waals surface area contributed by atoms with Gasteiger partial charge in [-0.3, -0.25) is 0 Å². The van der Waals surface area contributed by atoms with Crippen LogP contribution in [0.25, 0.3) is 0 Å². The van der Waals surface area contributed by atoms with Crippen LogP contribution in [0.2, 0.25) is 5.02 Å². The van der Waals surface area contributed by atoms with E-state index in [0.29, 0.717) is 23.1 Å². The van der Waals surface area contributed by atoms with Crippen LogP contribution < -0.4 is 14.8 Å². The smallest absolute Gasteiger partial charge is 0.179 e. The highest BCUT2D eigenvalue weighted by atomic mass is 35.5. The summed E-state index contributed by atoms with van der Waals surface area (Å²) in [6, 6.07) is 12.1. The molecule has 0 heterocycles. The van der Waals surface area contributed by atoms with Crippen molar-refractivity contribution in [2.75, 3.05) is 25.8 Å². The number of hydrogen-bond acceptors (Lipinski definition) is 4. The van der Waals surface area contributed by atoms with Crippen molar-refractivity contribution in [1.82, 2.24) is 0 Å². The van der Waals surface area contributed by atoms with E-state index in [1.165, 1.54) is 4.90 Å². The second-order valence-corrected chi connectivity index (χ2v) is 5.69. The molecule has 0 fully saturated rings. The number of benzene rings is 2. The maximum atomic E-state index is 6.21. The Morgan fingerprint density at radius 2 is 1.95 bits per heavy atom. The highest BCUT2D eigenvalue weighted by Crippen LogP contribution is 2.36. The van der Waals surface area contributed by atoms with Crippen LogP contribution in [-0.2, 0) is 6.54 Å². The Hall–Kier alpha value is -1.52. The van der Waals surface area contributed by atoms with Gasteiger partial charge in [0, 0.05) is 17.1 Å². The van der Waals surface area contributed by atoms with Crippen molar-refractivity contribution >= 4 is 29.1 Å². The molecule has 0 unspecified atom stereocenters. The number of ether oxygens (including phenoxy) is 2. The minimum atomic E-state index is 0.548. The van der Waals surface area contributed by atoms with Crippen LogP contribution in [0.3, 0.4) is 0 Å². The van der Waals surface area contributed by atoms with Gasteiger partial charge in [-0.15, -0.1) is 11.8 Å². The first-order chi connectivity index (χ1) is 10.2. The van der Waals surface area contributed by atoms with E-state index in [1.807, 2.05) is 24.3 Å². The Balaban J connectivity index is 2.14. The van der Waals surface area contributed by atoms with E-state index in [2.05, 4.69) is 23.7 Å². The lowest BCUT2D eigenvalue weighted by Crippen LogP contribution is -2.01. The van der Waals surface area contributed by atoms with Crippen LogP contribution in [0.1, 0.15) is 5.56 Å². The maximum absolute atomic E-state index is 6.21. The lowest BCUT2D eigenvalue weighted by molar-refractivity contribution is 0.355. The Kier molecular flexibility index (Phi) is 5.65. The van der Waals surface area contributed by atoms with Crippen molar-refractivity contribution in [3.63, 3.8) is 0 Å². The largest absolute Gasteiger partial charge is 0.493 e. The first-order valence-electron chi connectivity index (χ1n) is 6.46. The number of nitrogens with one attached hydrogen (secondary N) is 1. The third-order valence-corrected chi connectivity index (χ3v) is 4.07.